The lowest BCUT2D eigenvalue weighted by Crippen LogP contribution is -2.07. The molecular weight excluding hydrogens is 326 g/mol. The third kappa shape index (κ3) is 3.69. The first-order valence-electron chi connectivity index (χ1n) is 8.77. The number of rotatable bonds is 5. The van der Waals surface area contributed by atoms with Crippen molar-refractivity contribution < 1.29 is 9.21 Å². The Morgan fingerprint density at radius 3 is 2.42 bits per heavy atom. The van der Waals surface area contributed by atoms with Gasteiger partial charge in [-0.25, -0.2) is 4.79 Å². The Bertz CT molecular complexity index is 1010. The van der Waals surface area contributed by atoms with E-state index in [2.05, 4.69) is 25.2 Å². The zero-order valence-corrected chi connectivity index (χ0v) is 15.6. The molecule has 2 aromatic carbocycles. The minimum absolute atomic E-state index is 0.0415. The van der Waals surface area contributed by atoms with Crippen molar-refractivity contribution in [3.05, 3.63) is 75.1 Å². The summed E-state index contributed by atoms with van der Waals surface area (Å²) in [5.41, 5.74) is 5.11. The van der Waals surface area contributed by atoms with Crippen LogP contribution < -0.4 is 10.9 Å². The Balaban J connectivity index is 1.94. The lowest BCUT2D eigenvalue weighted by atomic mass is 9.95. The molecule has 0 bridgehead atoms. The molecule has 0 aliphatic rings. The molecule has 1 heterocycles. The van der Waals surface area contributed by atoms with Crippen molar-refractivity contribution in [3.63, 3.8) is 0 Å². The number of carbonyl (C=O) groups excluding carboxylic acids is 1. The van der Waals surface area contributed by atoms with Crippen molar-refractivity contribution in [2.75, 3.05) is 5.32 Å². The fourth-order valence-corrected chi connectivity index (χ4v) is 3.18. The minimum atomic E-state index is -0.349. The van der Waals surface area contributed by atoms with Gasteiger partial charge in [0.25, 0.3) is 0 Å². The van der Waals surface area contributed by atoms with E-state index in [0.717, 1.165) is 22.2 Å². The van der Waals surface area contributed by atoms with Crippen molar-refractivity contribution >= 4 is 22.4 Å². The molecule has 0 aliphatic heterocycles. The third-order valence-electron chi connectivity index (χ3n) is 4.61. The summed E-state index contributed by atoms with van der Waals surface area (Å²) in [6.07, 6.45) is 0. The van der Waals surface area contributed by atoms with E-state index in [1.54, 1.807) is 25.1 Å². The normalized spacial score (nSPS) is 11.1. The van der Waals surface area contributed by atoms with Crippen molar-refractivity contribution in [2.45, 2.75) is 40.2 Å². The Labute approximate surface area is 152 Å². The second kappa shape index (κ2) is 7.16. The lowest BCUT2D eigenvalue weighted by molar-refractivity contribution is 0.101. The number of nitrogens with one attached hydrogen (secondary N) is 1. The summed E-state index contributed by atoms with van der Waals surface area (Å²) in [4.78, 5) is 23.3. The van der Waals surface area contributed by atoms with Crippen LogP contribution in [0.3, 0.4) is 0 Å². The number of fused-ring (bicyclic) bond motifs is 1. The van der Waals surface area contributed by atoms with Crippen LogP contribution >= 0.6 is 0 Å². The van der Waals surface area contributed by atoms with Crippen molar-refractivity contribution in [2.24, 2.45) is 0 Å². The Hall–Kier alpha value is -2.88. The quantitative estimate of drug-likeness (QED) is 0.518. The van der Waals surface area contributed by atoms with Gasteiger partial charge >= 0.3 is 5.63 Å². The van der Waals surface area contributed by atoms with Gasteiger partial charge in [0.05, 0.1) is 0 Å². The van der Waals surface area contributed by atoms with Gasteiger partial charge in [-0.05, 0) is 72.9 Å². The van der Waals surface area contributed by atoms with E-state index in [0.29, 0.717) is 23.6 Å². The minimum Gasteiger partial charge on any atom is -0.423 e. The fraction of sp³-hybridized carbons (Fsp3) is 0.273. The van der Waals surface area contributed by atoms with Gasteiger partial charge in [0.15, 0.2) is 5.78 Å². The smallest absolute Gasteiger partial charge is 0.336 e. The summed E-state index contributed by atoms with van der Waals surface area (Å²) in [6.45, 7) is 8.40. The van der Waals surface area contributed by atoms with Crippen LogP contribution in [0.4, 0.5) is 5.69 Å². The highest BCUT2D eigenvalue weighted by Gasteiger charge is 2.11. The molecule has 0 amide bonds. The number of anilines is 1. The molecule has 0 fully saturated rings. The summed E-state index contributed by atoms with van der Waals surface area (Å²) < 4.78 is 5.39. The van der Waals surface area contributed by atoms with E-state index in [1.807, 2.05) is 25.1 Å². The van der Waals surface area contributed by atoms with Gasteiger partial charge in [0.2, 0.25) is 0 Å². The summed E-state index contributed by atoms with van der Waals surface area (Å²) in [7, 11) is 0. The molecule has 1 N–H and O–H groups in total. The van der Waals surface area contributed by atoms with Gasteiger partial charge in [0.1, 0.15) is 5.58 Å². The van der Waals surface area contributed by atoms with Crippen molar-refractivity contribution in [1.82, 2.24) is 0 Å². The maximum atomic E-state index is 11.9. The van der Waals surface area contributed by atoms with E-state index in [1.165, 1.54) is 5.56 Å². The van der Waals surface area contributed by atoms with E-state index in [4.69, 9.17) is 4.42 Å². The Kier molecular flexibility index (Phi) is 4.94. The molecule has 0 spiro atoms. The molecule has 0 unspecified atom stereocenters. The molecule has 4 heteroatoms. The number of hydrogen-bond donors (Lipinski definition) is 1. The molecule has 0 radical (unpaired) electrons. The van der Waals surface area contributed by atoms with Crippen LogP contribution in [-0.4, -0.2) is 5.78 Å². The van der Waals surface area contributed by atoms with E-state index >= 15 is 0 Å². The highest BCUT2D eigenvalue weighted by molar-refractivity contribution is 5.94. The van der Waals surface area contributed by atoms with E-state index < -0.39 is 0 Å². The highest BCUT2D eigenvalue weighted by atomic mass is 16.4. The number of Topliss-reactive ketones (excluding diaryl/α,β-unsaturated/α-hetero) is 1. The van der Waals surface area contributed by atoms with Crippen LogP contribution in [0.25, 0.3) is 11.0 Å². The van der Waals surface area contributed by atoms with Gasteiger partial charge < -0.3 is 9.73 Å². The van der Waals surface area contributed by atoms with Gasteiger partial charge in [-0.1, -0.05) is 13.8 Å². The molecule has 4 nitrogen and oxygen atoms in total. The zero-order valence-electron chi connectivity index (χ0n) is 15.6. The van der Waals surface area contributed by atoms with Gasteiger partial charge in [0, 0.05) is 29.2 Å². The molecule has 0 aliphatic carbocycles. The third-order valence-corrected chi connectivity index (χ3v) is 4.61. The molecule has 134 valence electrons. The Morgan fingerprint density at radius 1 is 1.12 bits per heavy atom. The summed E-state index contributed by atoms with van der Waals surface area (Å²) in [6, 6.07) is 12.9. The predicted octanol–water partition coefficient (Wildman–Crippen LogP) is 5.04. The summed E-state index contributed by atoms with van der Waals surface area (Å²) >= 11 is 0. The SMILES string of the molecule is CC(=O)c1ccc(NCc2cc(=O)oc3cc(C)c(C(C)C)cc23)cc1. The Morgan fingerprint density at radius 2 is 1.81 bits per heavy atom. The number of hydrogen-bond acceptors (Lipinski definition) is 4. The molecule has 3 aromatic rings. The van der Waals surface area contributed by atoms with E-state index in [9.17, 15) is 9.59 Å². The van der Waals surface area contributed by atoms with Gasteiger partial charge in [-0.15, -0.1) is 0 Å². The zero-order chi connectivity index (χ0) is 18.8. The second-order valence-electron chi connectivity index (χ2n) is 6.94. The van der Waals surface area contributed by atoms with Crippen LogP contribution in [0.5, 0.6) is 0 Å². The maximum absolute atomic E-state index is 11.9. The molecule has 0 saturated heterocycles. The van der Waals surface area contributed by atoms with Crippen LogP contribution in [0, 0.1) is 6.92 Å². The first-order chi connectivity index (χ1) is 12.3. The molecule has 0 saturated carbocycles. The number of benzene rings is 2. The van der Waals surface area contributed by atoms with Crippen molar-refractivity contribution in [3.8, 4) is 0 Å². The molecule has 3 rings (SSSR count). The van der Waals surface area contributed by atoms with Crippen molar-refractivity contribution in [1.29, 1.82) is 0 Å². The standard InChI is InChI=1S/C22H23NO3/c1-13(2)19-11-20-17(10-22(25)26-21(20)9-14(19)3)12-23-18-7-5-16(6-8-18)15(4)24/h5-11,13,23H,12H2,1-4H3. The lowest BCUT2D eigenvalue weighted by Gasteiger charge is -2.14. The first-order valence-corrected chi connectivity index (χ1v) is 8.77. The van der Waals surface area contributed by atoms with Crippen LogP contribution in [0.1, 0.15) is 53.7 Å². The molecule has 1 aromatic heterocycles. The largest absolute Gasteiger partial charge is 0.423 e. The summed E-state index contributed by atoms with van der Waals surface area (Å²) in [5.74, 6) is 0.436. The van der Waals surface area contributed by atoms with E-state index in [-0.39, 0.29) is 11.4 Å². The monoisotopic (exact) mass is 349 g/mol. The first kappa shape index (κ1) is 17.9. The number of aryl methyl sites for hydroxylation is 1. The van der Waals surface area contributed by atoms with Crippen LogP contribution in [0.15, 0.2) is 51.7 Å². The average Bonchev–Trinajstić information content (AvgIpc) is 2.59. The second-order valence-corrected chi connectivity index (χ2v) is 6.94. The molecule has 26 heavy (non-hydrogen) atoms. The highest BCUT2D eigenvalue weighted by Crippen LogP contribution is 2.27. The van der Waals surface area contributed by atoms with Crippen LogP contribution in [-0.2, 0) is 6.54 Å². The number of carbonyl (C=O) groups is 1. The molecular formula is C22H23NO3. The predicted molar refractivity (Wildman–Crippen MR) is 105 cm³/mol. The molecule has 0 atom stereocenters. The fourth-order valence-electron chi connectivity index (χ4n) is 3.18. The topological polar surface area (TPSA) is 59.3 Å². The van der Waals surface area contributed by atoms with Gasteiger partial charge in [-0.2, -0.15) is 0 Å². The van der Waals surface area contributed by atoms with Crippen LogP contribution in [0.2, 0.25) is 0 Å². The van der Waals surface area contributed by atoms with Gasteiger partial charge in [-0.3, -0.25) is 4.79 Å². The summed E-state index contributed by atoms with van der Waals surface area (Å²) in [5, 5.41) is 4.27. The maximum Gasteiger partial charge on any atom is 0.336 e. The average molecular weight is 349 g/mol. The number of ketones is 1.